The van der Waals surface area contributed by atoms with E-state index in [2.05, 4.69) is 15.6 Å². The zero-order valence-corrected chi connectivity index (χ0v) is 20.4. The third-order valence-corrected chi connectivity index (χ3v) is 5.52. The molecule has 1 aliphatic heterocycles. The van der Waals surface area contributed by atoms with Crippen LogP contribution in [0.1, 0.15) is 50.4 Å². The smallest absolute Gasteiger partial charge is 0.324 e. The molecule has 180 valence electrons. The Balaban J connectivity index is 0.00000385. The minimum atomic E-state index is -0.717. The van der Waals surface area contributed by atoms with Crippen molar-refractivity contribution in [3.05, 3.63) is 46.0 Å². The normalized spacial score (nSPS) is 16.2. The van der Waals surface area contributed by atoms with E-state index in [-0.39, 0.29) is 60.1 Å². The standard InChI is InChI=1S/C22H27FN4O4S.ClH/c1-22(2,3)12-18(28)25-16-7-6-14(11-15(16)23)19(29)26-21-27(9-10-32-21)13-31-20(30)17-5-4-8-24-17;/h6-7,9-11,17,24H,4-5,8,12-13H2,1-3H3,(H,25,28);1H. The molecule has 2 N–H and O–H groups in total. The van der Waals surface area contributed by atoms with Gasteiger partial charge in [0.15, 0.2) is 11.5 Å². The lowest BCUT2D eigenvalue weighted by Crippen LogP contribution is -2.33. The van der Waals surface area contributed by atoms with E-state index in [1.54, 1.807) is 11.6 Å². The van der Waals surface area contributed by atoms with Gasteiger partial charge >= 0.3 is 5.97 Å². The number of carbonyl (C=O) groups is 3. The molecule has 3 rings (SSSR count). The number of nitrogens with zero attached hydrogens (tertiary/aromatic N) is 2. The summed E-state index contributed by atoms with van der Waals surface area (Å²) < 4.78 is 21.3. The molecule has 11 heteroatoms. The Morgan fingerprint density at radius 2 is 2.09 bits per heavy atom. The summed E-state index contributed by atoms with van der Waals surface area (Å²) in [7, 11) is 0. The maximum Gasteiger partial charge on any atom is 0.324 e. The van der Waals surface area contributed by atoms with Crippen LogP contribution in [0.5, 0.6) is 0 Å². The quantitative estimate of drug-likeness (QED) is 0.594. The predicted molar refractivity (Wildman–Crippen MR) is 126 cm³/mol. The summed E-state index contributed by atoms with van der Waals surface area (Å²) in [6.07, 6.45) is 3.56. The van der Waals surface area contributed by atoms with E-state index >= 15 is 0 Å². The number of amides is 2. The van der Waals surface area contributed by atoms with Gasteiger partial charge in [0.1, 0.15) is 11.9 Å². The van der Waals surface area contributed by atoms with Crippen LogP contribution < -0.4 is 15.4 Å². The highest BCUT2D eigenvalue weighted by molar-refractivity contribution is 7.07. The Hall–Kier alpha value is -2.56. The predicted octanol–water partition coefficient (Wildman–Crippen LogP) is 3.48. The Morgan fingerprint density at radius 3 is 2.73 bits per heavy atom. The highest BCUT2D eigenvalue weighted by Gasteiger charge is 2.23. The van der Waals surface area contributed by atoms with Crippen molar-refractivity contribution in [2.45, 2.75) is 52.8 Å². The number of rotatable bonds is 6. The number of hydrogen-bond donors (Lipinski definition) is 2. The molecule has 0 bridgehead atoms. The van der Waals surface area contributed by atoms with Crippen LogP contribution in [0.3, 0.4) is 0 Å². The molecule has 1 aliphatic rings. The van der Waals surface area contributed by atoms with Crippen LogP contribution in [0.25, 0.3) is 0 Å². The van der Waals surface area contributed by atoms with Gasteiger partial charge in [-0.15, -0.1) is 23.7 Å². The van der Waals surface area contributed by atoms with Crippen LogP contribution in [0.15, 0.2) is 34.8 Å². The number of halogens is 2. The molecule has 2 heterocycles. The highest BCUT2D eigenvalue weighted by atomic mass is 35.5. The average Bonchev–Trinajstić information content (AvgIpc) is 3.38. The SMILES string of the molecule is CC(C)(C)CC(=O)Nc1ccc(C(=O)N=c2sccn2COC(=O)C2CCCN2)cc1F.Cl. The molecule has 2 amide bonds. The average molecular weight is 499 g/mol. The molecular formula is C22H28ClFN4O4S. The number of aromatic nitrogens is 1. The third-order valence-electron chi connectivity index (χ3n) is 4.73. The Kier molecular flexibility index (Phi) is 9.33. The van der Waals surface area contributed by atoms with E-state index in [9.17, 15) is 18.8 Å². The van der Waals surface area contributed by atoms with Crippen molar-refractivity contribution < 1.29 is 23.5 Å². The molecule has 8 nitrogen and oxygen atoms in total. The molecule has 1 unspecified atom stereocenters. The molecule has 1 fully saturated rings. The molecule has 0 spiro atoms. The zero-order chi connectivity index (χ0) is 23.3. The number of benzene rings is 1. The summed E-state index contributed by atoms with van der Waals surface area (Å²) in [6, 6.07) is 3.49. The molecule has 33 heavy (non-hydrogen) atoms. The number of thiazole rings is 1. The zero-order valence-electron chi connectivity index (χ0n) is 18.7. The largest absolute Gasteiger partial charge is 0.443 e. The Morgan fingerprint density at radius 1 is 1.33 bits per heavy atom. The van der Waals surface area contributed by atoms with Crippen molar-refractivity contribution in [2.75, 3.05) is 11.9 Å². The van der Waals surface area contributed by atoms with Gasteiger partial charge in [-0.3, -0.25) is 19.0 Å². The van der Waals surface area contributed by atoms with Gasteiger partial charge in [0.2, 0.25) is 5.91 Å². The van der Waals surface area contributed by atoms with Gasteiger partial charge in [-0.2, -0.15) is 4.99 Å². The van der Waals surface area contributed by atoms with Crippen LogP contribution in [-0.4, -0.2) is 34.9 Å². The van der Waals surface area contributed by atoms with E-state index in [1.165, 1.54) is 28.0 Å². The molecular weight excluding hydrogens is 471 g/mol. The fourth-order valence-electron chi connectivity index (χ4n) is 3.18. The molecule has 0 radical (unpaired) electrons. The van der Waals surface area contributed by atoms with Crippen molar-refractivity contribution in [1.82, 2.24) is 9.88 Å². The van der Waals surface area contributed by atoms with Crippen LogP contribution in [-0.2, 0) is 21.1 Å². The second-order valence-electron chi connectivity index (χ2n) is 8.79. The van der Waals surface area contributed by atoms with Crippen molar-refractivity contribution in [3.63, 3.8) is 0 Å². The lowest BCUT2D eigenvalue weighted by molar-refractivity contribution is -0.149. The summed E-state index contributed by atoms with van der Waals surface area (Å²) in [5.41, 5.74) is -0.175. The first kappa shape index (κ1) is 26.7. The van der Waals surface area contributed by atoms with Crippen LogP contribution >= 0.6 is 23.7 Å². The van der Waals surface area contributed by atoms with Gasteiger partial charge in [0, 0.05) is 23.6 Å². The monoisotopic (exact) mass is 498 g/mol. The van der Waals surface area contributed by atoms with E-state index in [0.29, 0.717) is 4.80 Å². The summed E-state index contributed by atoms with van der Waals surface area (Å²) >= 11 is 1.20. The number of anilines is 1. The molecule has 1 aromatic heterocycles. The topological polar surface area (TPSA) is 102 Å². The van der Waals surface area contributed by atoms with Crippen LogP contribution in [0.2, 0.25) is 0 Å². The van der Waals surface area contributed by atoms with Crippen molar-refractivity contribution in [3.8, 4) is 0 Å². The first-order valence-corrected chi connectivity index (χ1v) is 11.2. The number of nitrogens with one attached hydrogen (secondary N) is 2. The van der Waals surface area contributed by atoms with E-state index in [4.69, 9.17) is 4.74 Å². The number of ether oxygens (including phenoxy) is 1. The van der Waals surface area contributed by atoms with Crippen molar-refractivity contribution in [2.24, 2.45) is 10.4 Å². The fraction of sp³-hybridized carbons (Fsp3) is 0.455. The number of esters is 1. The van der Waals surface area contributed by atoms with Crippen molar-refractivity contribution >= 4 is 47.2 Å². The van der Waals surface area contributed by atoms with Crippen LogP contribution in [0.4, 0.5) is 10.1 Å². The lowest BCUT2D eigenvalue weighted by atomic mass is 9.92. The first-order chi connectivity index (χ1) is 15.1. The van der Waals surface area contributed by atoms with Crippen LogP contribution in [0, 0.1) is 11.2 Å². The first-order valence-electron chi connectivity index (χ1n) is 10.3. The number of hydrogen-bond acceptors (Lipinski definition) is 6. The molecule has 0 aliphatic carbocycles. The Labute approximate surface area is 201 Å². The minimum Gasteiger partial charge on any atom is -0.443 e. The molecule has 1 aromatic carbocycles. The summed E-state index contributed by atoms with van der Waals surface area (Å²) in [6.45, 7) is 6.46. The van der Waals surface area contributed by atoms with Gasteiger partial charge in [-0.05, 0) is 43.0 Å². The van der Waals surface area contributed by atoms with E-state index in [0.717, 1.165) is 25.5 Å². The Bertz CT molecular complexity index is 1070. The van der Waals surface area contributed by atoms with Gasteiger partial charge in [-0.1, -0.05) is 20.8 Å². The number of carbonyl (C=O) groups excluding carboxylic acids is 3. The second-order valence-corrected chi connectivity index (χ2v) is 9.67. The fourth-order valence-corrected chi connectivity index (χ4v) is 3.90. The third kappa shape index (κ3) is 7.76. The molecule has 0 saturated carbocycles. The van der Waals surface area contributed by atoms with Gasteiger partial charge in [0.25, 0.3) is 5.91 Å². The molecule has 1 atom stereocenters. The van der Waals surface area contributed by atoms with Gasteiger partial charge in [-0.25, -0.2) is 4.39 Å². The summed E-state index contributed by atoms with van der Waals surface area (Å²) in [5.74, 6) is -2.01. The summed E-state index contributed by atoms with van der Waals surface area (Å²) in [5, 5.41) is 7.30. The lowest BCUT2D eigenvalue weighted by Gasteiger charge is -2.17. The van der Waals surface area contributed by atoms with E-state index < -0.39 is 11.7 Å². The maximum absolute atomic E-state index is 14.4. The van der Waals surface area contributed by atoms with Gasteiger partial charge < -0.3 is 15.4 Å². The van der Waals surface area contributed by atoms with Gasteiger partial charge in [0.05, 0.1) is 5.69 Å². The van der Waals surface area contributed by atoms with Crippen molar-refractivity contribution in [1.29, 1.82) is 0 Å². The second kappa shape index (κ2) is 11.5. The molecule has 1 saturated heterocycles. The van der Waals surface area contributed by atoms with E-state index in [1.807, 2.05) is 20.8 Å². The molecule has 2 aromatic rings. The minimum absolute atomic E-state index is 0. The highest BCUT2D eigenvalue weighted by Crippen LogP contribution is 2.21. The summed E-state index contributed by atoms with van der Waals surface area (Å²) in [4.78, 5) is 41.0. The maximum atomic E-state index is 14.4.